The smallest absolute Gasteiger partial charge is 0.295 e. The maximum atomic E-state index is 11.5. The Hall–Kier alpha value is -2.27. The summed E-state index contributed by atoms with van der Waals surface area (Å²) < 4.78 is 64.5. The second kappa shape index (κ2) is 5.74. The summed E-state index contributed by atoms with van der Waals surface area (Å²) in [7, 11) is -9.54. The molecule has 122 valence electrons. The summed E-state index contributed by atoms with van der Waals surface area (Å²) in [6.07, 6.45) is 0.967. The van der Waals surface area contributed by atoms with Crippen LogP contribution >= 0.6 is 0 Å². The van der Waals surface area contributed by atoms with E-state index in [2.05, 4.69) is 11.9 Å². The number of nitrogens with one attached hydrogen (secondary N) is 1. The number of hydrogen-bond donors (Lipinski definition) is 3. The molecule has 3 N–H and O–H groups in total. The molecule has 2 aromatic rings. The zero-order valence-electron chi connectivity index (χ0n) is 11.4. The van der Waals surface area contributed by atoms with E-state index in [-0.39, 0.29) is 11.1 Å². The lowest BCUT2D eigenvalue weighted by molar-refractivity contribution is -0.111. The van der Waals surface area contributed by atoms with Crippen LogP contribution in [0.15, 0.2) is 52.8 Å². The molecule has 0 spiro atoms. The van der Waals surface area contributed by atoms with Gasteiger partial charge in [-0.2, -0.15) is 16.8 Å². The largest absolute Gasteiger partial charge is 0.322 e. The Morgan fingerprint density at radius 2 is 1.57 bits per heavy atom. The molecule has 8 nitrogen and oxygen atoms in total. The van der Waals surface area contributed by atoms with Gasteiger partial charge in [0.05, 0.1) is 0 Å². The van der Waals surface area contributed by atoms with Gasteiger partial charge in [-0.3, -0.25) is 13.9 Å². The molecule has 0 aliphatic carbocycles. The Balaban J connectivity index is 2.99. The lowest BCUT2D eigenvalue weighted by atomic mass is 10.1. The SMILES string of the molecule is C=CC(=O)Nc1ccc(S(=O)(=O)O)c2c(S(=O)(=O)O)cccc12. The predicted molar refractivity (Wildman–Crippen MR) is 82.4 cm³/mol. The van der Waals surface area contributed by atoms with Crippen molar-refractivity contribution >= 4 is 42.6 Å². The molecule has 0 saturated heterocycles. The van der Waals surface area contributed by atoms with E-state index in [1.165, 1.54) is 18.2 Å². The van der Waals surface area contributed by atoms with Crippen molar-refractivity contribution in [1.29, 1.82) is 0 Å². The standard InChI is InChI=1S/C13H11NO7S2/c1-2-12(15)14-9-6-7-11(23(19,20)21)13-8(9)4-3-5-10(13)22(16,17)18/h2-7H,1H2,(H,14,15)(H,16,17,18)(H,19,20,21). The summed E-state index contributed by atoms with van der Waals surface area (Å²) in [4.78, 5) is 10.0. The van der Waals surface area contributed by atoms with Crippen LogP contribution in [0.2, 0.25) is 0 Å². The summed E-state index contributed by atoms with van der Waals surface area (Å²) in [6, 6.07) is 5.66. The van der Waals surface area contributed by atoms with Crippen molar-refractivity contribution in [1.82, 2.24) is 0 Å². The molecule has 0 unspecified atom stereocenters. The first-order chi connectivity index (χ1) is 10.6. The van der Waals surface area contributed by atoms with Crippen molar-refractivity contribution in [3.8, 4) is 0 Å². The normalized spacial score (nSPS) is 12.1. The maximum absolute atomic E-state index is 11.5. The third-order valence-electron chi connectivity index (χ3n) is 2.96. The molecule has 2 rings (SSSR count). The average Bonchev–Trinajstić information content (AvgIpc) is 2.44. The minimum atomic E-state index is -4.77. The van der Waals surface area contributed by atoms with E-state index >= 15 is 0 Å². The predicted octanol–water partition coefficient (Wildman–Crippen LogP) is 1.46. The number of hydrogen-bond acceptors (Lipinski definition) is 5. The fraction of sp³-hybridized carbons (Fsp3) is 0. The van der Waals surface area contributed by atoms with Crippen LogP contribution in [0.5, 0.6) is 0 Å². The van der Waals surface area contributed by atoms with Crippen LogP contribution in [0.1, 0.15) is 0 Å². The van der Waals surface area contributed by atoms with Crippen molar-refractivity contribution < 1.29 is 30.7 Å². The van der Waals surface area contributed by atoms with Gasteiger partial charge in [-0.05, 0) is 24.3 Å². The second-order valence-electron chi connectivity index (χ2n) is 4.43. The van der Waals surface area contributed by atoms with Crippen molar-refractivity contribution in [3.63, 3.8) is 0 Å². The molecule has 2 aromatic carbocycles. The molecule has 0 aliphatic heterocycles. The van der Waals surface area contributed by atoms with Gasteiger partial charge in [0.2, 0.25) is 5.91 Å². The maximum Gasteiger partial charge on any atom is 0.295 e. The van der Waals surface area contributed by atoms with Crippen LogP contribution < -0.4 is 5.32 Å². The molecule has 0 aromatic heterocycles. The van der Waals surface area contributed by atoms with Crippen LogP contribution in [0.3, 0.4) is 0 Å². The highest BCUT2D eigenvalue weighted by atomic mass is 32.2. The molecular weight excluding hydrogens is 346 g/mol. The highest BCUT2D eigenvalue weighted by molar-refractivity contribution is 7.87. The summed E-state index contributed by atoms with van der Waals surface area (Å²) in [5.41, 5.74) is 0.0859. The van der Waals surface area contributed by atoms with Gasteiger partial charge in [0.1, 0.15) is 9.79 Å². The van der Waals surface area contributed by atoms with E-state index < -0.39 is 41.3 Å². The molecule has 0 radical (unpaired) electrons. The molecule has 0 aliphatic rings. The first kappa shape index (κ1) is 17.1. The summed E-state index contributed by atoms with van der Waals surface area (Å²) in [6.45, 7) is 3.27. The third kappa shape index (κ3) is 3.40. The van der Waals surface area contributed by atoms with E-state index in [1.807, 2.05) is 0 Å². The zero-order chi connectivity index (χ0) is 17.4. The molecule has 23 heavy (non-hydrogen) atoms. The number of benzene rings is 2. The lowest BCUT2D eigenvalue weighted by Crippen LogP contribution is -2.10. The van der Waals surface area contributed by atoms with Crippen molar-refractivity contribution in [2.24, 2.45) is 0 Å². The molecule has 0 fully saturated rings. The Morgan fingerprint density at radius 1 is 1.00 bits per heavy atom. The van der Waals surface area contributed by atoms with Crippen LogP contribution in [0.4, 0.5) is 5.69 Å². The van der Waals surface area contributed by atoms with E-state index in [4.69, 9.17) is 0 Å². The van der Waals surface area contributed by atoms with Gasteiger partial charge in [0, 0.05) is 16.5 Å². The fourth-order valence-electron chi connectivity index (χ4n) is 2.06. The number of amides is 1. The lowest BCUT2D eigenvalue weighted by Gasteiger charge is -2.12. The monoisotopic (exact) mass is 357 g/mol. The summed E-state index contributed by atoms with van der Waals surface area (Å²) in [5, 5.41) is 1.96. The van der Waals surface area contributed by atoms with Gasteiger partial charge in [-0.15, -0.1) is 0 Å². The molecule has 0 heterocycles. The third-order valence-corrected chi connectivity index (χ3v) is 4.76. The molecule has 0 saturated carbocycles. The van der Waals surface area contributed by atoms with Gasteiger partial charge in [-0.1, -0.05) is 18.7 Å². The molecule has 10 heteroatoms. The van der Waals surface area contributed by atoms with Gasteiger partial charge in [0.15, 0.2) is 0 Å². The van der Waals surface area contributed by atoms with E-state index in [0.29, 0.717) is 0 Å². The van der Waals surface area contributed by atoms with Crippen LogP contribution in [-0.2, 0) is 25.0 Å². The Bertz CT molecular complexity index is 985. The minimum Gasteiger partial charge on any atom is -0.322 e. The molecular formula is C13H11NO7S2. The van der Waals surface area contributed by atoms with Crippen LogP contribution in [0.25, 0.3) is 10.8 Å². The quantitative estimate of drug-likeness (QED) is 0.556. The van der Waals surface area contributed by atoms with Crippen LogP contribution in [-0.4, -0.2) is 31.8 Å². The van der Waals surface area contributed by atoms with Gasteiger partial charge < -0.3 is 5.32 Å². The Morgan fingerprint density at radius 3 is 2.09 bits per heavy atom. The van der Waals surface area contributed by atoms with Gasteiger partial charge >= 0.3 is 0 Å². The average molecular weight is 357 g/mol. The molecule has 1 amide bonds. The summed E-state index contributed by atoms with van der Waals surface area (Å²) >= 11 is 0. The second-order valence-corrected chi connectivity index (χ2v) is 7.21. The Labute approximate surface area is 131 Å². The van der Waals surface area contributed by atoms with Gasteiger partial charge in [-0.25, -0.2) is 0 Å². The zero-order valence-corrected chi connectivity index (χ0v) is 13.1. The summed E-state index contributed by atoms with van der Waals surface area (Å²) in [5.74, 6) is -0.608. The van der Waals surface area contributed by atoms with Crippen LogP contribution in [0, 0.1) is 0 Å². The Kier molecular flexibility index (Phi) is 4.26. The highest BCUT2D eigenvalue weighted by Crippen LogP contribution is 2.34. The van der Waals surface area contributed by atoms with E-state index in [0.717, 1.165) is 18.2 Å². The molecule has 0 bridgehead atoms. The van der Waals surface area contributed by atoms with Crippen molar-refractivity contribution in [2.45, 2.75) is 9.79 Å². The van der Waals surface area contributed by atoms with E-state index in [1.54, 1.807) is 0 Å². The van der Waals surface area contributed by atoms with Crippen molar-refractivity contribution in [3.05, 3.63) is 43.0 Å². The first-order valence-electron chi connectivity index (χ1n) is 6.00. The minimum absolute atomic E-state index is 0.00505. The number of carbonyl (C=O) groups excluding carboxylic acids is 1. The fourth-order valence-corrected chi connectivity index (χ4v) is 3.58. The van der Waals surface area contributed by atoms with E-state index in [9.17, 15) is 30.7 Å². The molecule has 0 atom stereocenters. The number of rotatable bonds is 4. The topological polar surface area (TPSA) is 138 Å². The number of carbonyl (C=O) groups is 1. The van der Waals surface area contributed by atoms with Crippen molar-refractivity contribution in [2.75, 3.05) is 5.32 Å². The first-order valence-corrected chi connectivity index (χ1v) is 8.88. The number of anilines is 1. The van der Waals surface area contributed by atoms with Gasteiger partial charge in [0.25, 0.3) is 20.2 Å². The highest BCUT2D eigenvalue weighted by Gasteiger charge is 2.23. The number of fused-ring (bicyclic) bond motifs is 1.